The minimum absolute atomic E-state index is 0.0917. The van der Waals surface area contributed by atoms with Crippen LogP contribution < -0.4 is 5.32 Å². The molecule has 0 spiro atoms. The van der Waals surface area contributed by atoms with Crippen molar-refractivity contribution >= 4 is 11.4 Å². The Labute approximate surface area is 144 Å². The smallest absolute Gasteiger partial charge is 0.270 e. The summed E-state index contributed by atoms with van der Waals surface area (Å²) in [7, 11) is 0. The van der Waals surface area contributed by atoms with Crippen LogP contribution in [0.3, 0.4) is 0 Å². The van der Waals surface area contributed by atoms with Gasteiger partial charge in [0.1, 0.15) is 6.07 Å². The first-order valence-electron chi connectivity index (χ1n) is 7.61. The Balaban J connectivity index is 1.65. The molecule has 0 fully saturated rings. The lowest BCUT2D eigenvalue weighted by molar-refractivity contribution is -0.384. The number of non-ortho nitro benzene ring substituents is 1. The van der Waals surface area contributed by atoms with Gasteiger partial charge < -0.3 is 9.88 Å². The van der Waals surface area contributed by atoms with E-state index < -0.39 is 4.92 Å². The van der Waals surface area contributed by atoms with E-state index in [0.717, 1.165) is 17.7 Å². The molecule has 1 N–H and O–H groups in total. The minimum atomic E-state index is -0.510. The Morgan fingerprint density at radius 1 is 1.20 bits per heavy atom. The average molecular weight is 333 g/mol. The fourth-order valence-corrected chi connectivity index (χ4v) is 2.44. The van der Waals surface area contributed by atoms with Gasteiger partial charge in [0.05, 0.1) is 22.5 Å². The van der Waals surface area contributed by atoms with Gasteiger partial charge in [-0.05, 0) is 17.2 Å². The highest BCUT2D eigenvalue weighted by Crippen LogP contribution is 2.22. The van der Waals surface area contributed by atoms with Crippen molar-refractivity contribution in [2.75, 3.05) is 5.32 Å². The second kappa shape index (κ2) is 7.27. The molecule has 124 valence electrons. The number of anilines is 1. The summed E-state index contributed by atoms with van der Waals surface area (Å²) in [5.41, 5.74) is 2.96. The first kappa shape index (κ1) is 16.2. The lowest BCUT2D eigenvalue weighted by Gasteiger charge is -2.09. The quantitative estimate of drug-likeness (QED) is 0.551. The standard InChI is InChI=1S/C18H15N5O2/c19-10-16-9-17(23(24)25)5-6-18(16)21-11-14-1-3-15(4-2-14)12-22-8-7-20-13-22/h1-9,13,21H,11-12H2. The van der Waals surface area contributed by atoms with Gasteiger partial charge in [0, 0.05) is 37.6 Å². The molecule has 0 aliphatic carbocycles. The number of imidazole rings is 1. The molecule has 0 atom stereocenters. The number of nitro groups is 1. The van der Waals surface area contributed by atoms with E-state index in [1.807, 2.05) is 41.1 Å². The topological polar surface area (TPSA) is 96.8 Å². The van der Waals surface area contributed by atoms with Gasteiger partial charge in [0.2, 0.25) is 0 Å². The molecule has 7 nitrogen and oxygen atoms in total. The number of hydrogen-bond donors (Lipinski definition) is 1. The van der Waals surface area contributed by atoms with Crippen molar-refractivity contribution in [2.24, 2.45) is 0 Å². The fourth-order valence-electron chi connectivity index (χ4n) is 2.44. The average Bonchev–Trinajstić information content (AvgIpc) is 3.14. The Hall–Kier alpha value is -3.66. The number of rotatable bonds is 6. The number of nitrogens with one attached hydrogen (secondary N) is 1. The molecule has 3 rings (SSSR count). The van der Waals surface area contributed by atoms with Crippen molar-refractivity contribution in [2.45, 2.75) is 13.1 Å². The maximum atomic E-state index is 10.8. The number of aromatic nitrogens is 2. The molecule has 3 aromatic rings. The van der Waals surface area contributed by atoms with E-state index in [2.05, 4.69) is 10.3 Å². The van der Waals surface area contributed by atoms with Crippen molar-refractivity contribution in [3.8, 4) is 6.07 Å². The van der Waals surface area contributed by atoms with E-state index in [1.54, 1.807) is 18.6 Å². The summed E-state index contributed by atoms with van der Waals surface area (Å²) in [5.74, 6) is 0. The Kier molecular flexibility index (Phi) is 4.72. The van der Waals surface area contributed by atoms with Crippen molar-refractivity contribution in [1.29, 1.82) is 5.26 Å². The van der Waals surface area contributed by atoms with Crippen LogP contribution in [0.5, 0.6) is 0 Å². The van der Waals surface area contributed by atoms with Crippen LogP contribution in [-0.4, -0.2) is 14.5 Å². The molecule has 0 aliphatic rings. The lowest BCUT2D eigenvalue weighted by atomic mass is 10.1. The molecule has 0 radical (unpaired) electrons. The first-order valence-corrected chi connectivity index (χ1v) is 7.61. The zero-order valence-electron chi connectivity index (χ0n) is 13.3. The maximum Gasteiger partial charge on any atom is 0.270 e. The fraction of sp³-hybridized carbons (Fsp3) is 0.111. The Morgan fingerprint density at radius 3 is 2.60 bits per heavy atom. The summed E-state index contributed by atoms with van der Waals surface area (Å²) in [6.07, 6.45) is 5.43. The van der Waals surface area contributed by atoms with Crippen LogP contribution in [0.25, 0.3) is 0 Å². The highest BCUT2D eigenvalue weighted by Gasteiger charge is 2.10. The number of nitrogens with zero attached hydrogens (tertiary/aromatic N) is 4. The maximum absolute atomic E-state index is 10.8. The third kappa shape index (κ3) is 4.00. The van der Waals surface area contributed by atoms with Gasteiger partial charge in [0.15, 0.2) is 0 Å². The summed E-state index contributed by atoms with van der Waals surface area (Å²) in [6.45, 7) is 1.28. The number of nitriles is 1. The van der Waals surface area contributed by atoms with Crippen molar-refractivity contribution in [3.05, 3.63) is 88.0 Å². The summed E-state index contributed by atoms with van der Waals surface area (Å²) < 4.78 is 1.99. The SMILES string of the molecule is N#Cc1cc([N+](=O)[O-])ccc1NCc1ccc(Cn2ccnc2)cc1. The Morgan fingerprint density at radius 2 is 1.96 bits per heavy atom. The molecule has 0 saturated carbocycles. The second-order valence-electron chi connectivity index (χ2n) is 5.50. The van der Waals surface area contributed by atoms with Crippen LogP contribution in [0.1, 0.15) is 16.7 Å². The normalized spacial score (nSPS) is 10.2. The summed E-state index contributed by atoms with van der Waals surface area (Å²) in [6, 6.07) is 14.3. The van der Waals surface area contributed by atoms with E-state index in [4.69, 9.17) is 5.26 Å². The molecular formula is C18H15N5O2. The summed E-state index contributed by atoms with van der Waals surface area (Å²) >= 11 is 0. The predicted molar refractivity (Wildman–Crippen MR) is 92.9 cm³/mol. The van der Waals surface area contributed by atoms with Crippen molar-refractivity contribution < 1.29 is 4.92 Å². The van der Waals surface area contributed by atoms with Gasteiger partial charge in [-0.3, -0.25) is 10.1 Å². The summed E-state index contributed by atoms with van der Waals surface area (Å²) in [4.78, 5) is 14.3. The van der Waals surface area contributed by atoms with E-state index in [9.17, 15) is 10.1 Å². The van der Waals surface area contributed by atoms with E-state index in [-0.39, 0.29) is 11.3 Å². The largest absolute Gasteiger partial charge is 0.380 e. The molecule has 25 heavy (non-hydrogen) atoms. The third-order valence-electron chi connectivity index (χ3n) is 3.76. The molecule has 7 heteroatoms. The van der Waals surface area contributed by atoms with Gasteiger partial charge in [-0.1, -0.05) is 24.3 Å². The highest BCUT2D eigenvalue weighted by molar-refractivity contribution is 5.61. The zero-order valence-corrected chi connectivity index (χ0v) is 13.3. The molecule has 1 aromatic heterocycles. The van der Waals surface area contributed by atoms with Gasteiger partial charge in [-0.2, -0.15) is 5.26 Å². The number of nitro benzene ring substituents is 1. The van der Waals surface area contributed by atoms with Crippen LogP contribution in [0.15, 0.2) is 61.2 Å². The number of benzene rings is 2. The molecule has 0 bridgehead atoms. The van der Waals surface area contributed by atoms with Gasteiger partial charge >= 0.3 is 0 Å². The van der Waals surface area contributed by atoms with Gasteiger partial charge in [-0.25, -0.2) is 4.98 Å². The lowest BCUT2D eigenvalue weighted by Crippen LogP contribution is -2.02. The molecule has 2 aromatic carbocycles. The van der Waals surface area contributed by atoms with Crippen LogP contribution in [-0.2, 0) is 13.1 Å². The summed E-state index contributed by atoms with van der Waals surface area (Å²) in [5, 5.41) is 23.1. The minimum Gasteiger partial charge on any atom is -0.380 e. The molecule has 0 aliphatic heterocycles. The zero-order chi connectivity index (χ0) is 17.6. The molecule has 1 heterocycles. The van der Waals surface area contributed by atoms with Crippen LogP contribution in [0.2, 0.25) is 0 Å². The van der Waals surface area contributed by atoms with E-state index >= 15 is 0 Å². The van der Waals surface area contributed by atoms with Crippen molar-refractivity contribution in [3.63, 3.8) is 0 Å². The predicted octanol–water partition coefficient (Wildman–Crippen LogP) is 3.32. The highest BCUT2D eigenvalue weighted by atomic mass is 16.6. The van der Waals surface area contributed by atoms with E-state index in [1.165, 1.54) is 12.1 Å². The van der Waals surface area contributed by atoms with E-state index in [0.29, 0.717) is 12.2 Å². The number of hydrogen-bond acceptors (Lipinski definition) is 5. The first-order chi connectivity index (χ1) is 12.2. The molecular weight excluding hydrogens is 318 g/mol. The van der Waals surface area contributed by atoms with Crippen LogP contribution in [0, 0.1) is 21.4 Å². The molecule has 0 amide bonds. The monoisotopic (exact) mass is 333 g/mol. The van der Waals surface area contributed by atoms with Gasteiger partial charge in [-0.15, -0.1) is 0 Å². The third-order valence-corrected chi connectivity index (χ3v) is 3.76. The Bertz CT molecular complexity index is 912. The van der Waals surface area contributed by atoms with Gasteiger partial charge in [0.25, 0.3) is 5.69 Å². The molecule has 0 saturated heterocycles. The van der Waals surface area contributed by atoms with Crippen molar-refractivity contribution in [1.82, 2.24) is 9.55 Å². The van der Waals surface area contributed by atoms with Crippen LogP contribution >= 0.6 is 0 Å². The molecule has 0 unspecified atom stereocenters. The van der Waals surface area contributed by atoms with Crippen LogP contribution in [0.4, 0.5) is 11.4 Å². The second-order valence-corrected chi connectivity index (χ2v) is 5.50.